The molecule has 0 aromatic heterocycles. The highest BCUT2D eigenvalue weighted by Gasteiger charge is 2.21. The molecule has 1 aliphatic heterocycles. The maximum absolute atomic E-state index is 5.57. The van der Waals surface area contributed by atoms with Gasteiger partial charge in [0.05, 0.1) is 27.4 Å². The molecular weight excluding hydrogens is 288 g/mol. The van der Waals surface area contributed by atoms with Gasteiger partial charge in [0.1, 0.15) is 0 Å². The zero-order chi connectivity index (χ0) is 12.3. The lowest BCUT2D eigenvalue weighted by atomic mass is 10.2. The van der Waals surface area contributed by atoms with Crippen LogP contribution in [0.2, 0.25) is 0 Å². The number of methoxy groups -OCH3 is 2. The molecule has 1 fully saturated rings. The highest BCUT2D eigenvalue weighted by molar-refractivity contribution is 9.10. The molecule has 0 unspecified atom stereocenters. The molecule has 4 nitrogen and oxygen atoms in total. The first-order valence-electron chi connectivity index (χ1n) is 5.41. The van der Waals surface area contributed by atoms with E-state index in [9.17, 15) is 0 Å². The van der Waals surface area contributed by atoms with Gasteiger partial charge >= 0.3 is 0 Å². The van der Waals surface area contributed by atoms with Crippen molar-refractivity contribution in [1.29, 1.82) is 0 Å². The van der Waals surface area contributed by atoms with E-state index in [1.807, 2.05) is 12.1 Å². The smallest absolute Gasteiger partial charge is 0.185 e. The van der Waals surface area contributed by atoms with Crippen LogP contribution in [0.25, 0.3) is 0 Å². The van der Waals surface area contributed by atoms with Crippen molar-refractivity contribution in [3.05, 3.63) is 22.2 Å². The Labute approximate surface area is 109 Å². The van der Waals surface area contributed by atoms with Crippen LogP contribution in [0, 0.1) is 0 Å². The van der Waals surface area contributed by atoms with Gasteiger partial charge in [-0.25, -0.2) is 0 Å². The first kappa shape index (κ1) is 12.7. The van der Waals surface area contributed by atoms with Crippen LogP contribution in [0.3, 0.4) is 0 Å². The van der Waals surface area contributed by atoms with Gasteiger partial charge in [0.25, 0.3) is 0 Å². The van der Waals surface area contributed by atoms with E-state index >= 15 is 0 Å². The van der Waals surface area contributed by atoms with E-state index < -0.39 is 0 Å². The van der Waals surface area contributed by atoms with Crippen molar-refractivity contribution in [3.8, 4) is 11.5 Å². The maximum Gasteiger partial charge on any atom is 0.185 e. The summed E-state index contributed by atoms with van der Waals surface area (Å²) in [4.78, 5) is 0. The van der Waals surface area contributed by atoms with Gasteiger partial charge in [-0.3, -0.25) is 0 Å². The van der Waals surface area contributed by atoms with Crippen molar-refractivity contribution >= 4 is 15.9 Å². The third kappa shape index (κ3) is 2.73. The normalized spacial score (nSPS) is 16.9. The lowest BCUT2D eigenvalue weighted by Crippen LogP contribution is -2.18. The third-order valence-electron chi connectivity index (χ3n) is 2.58. The van der Waals surface area contributed by atoms with E-state index in [-0.39, 0.29) is 6.29 Å². The summed E-state index contributed by atoms with van der Waals surface area (Å²) in [5.41, 5.74) is 0.919. The van der Waals surface area contributed by atoms with E-state index in [2.05, 4.69) is 15.9 Å². The van der Waals surface area contributed by atoms with Gasteiger partial charge in [-0.15, -0.1) is 0 Å². The Morgan fingerprint density at radius 2 is 1.71 bits per heavy atom. The molecule has 5 heteroatoms. The van der Waals surface area contributed by atoms with Gasteiger partial charge in [0.15, 0.2) is 17.8 Å². The molecule has 1 aromatic rings. The van der Waals surface area contributed by atoms with Crippen LogP contribution in [-0.4, -0.2) is 27.4 Å². The van der Waals surface area contributed by atoms with E-state index in [1.54, 1.807) is 14.2 Å². The molecule has 0 spiro atoms. The Kier molecular flexibility index (Phi) is 4.25. The zero-order valence-electron chi connectivity index (χ0n) is 9.86. The lowest BCUT2D eigenvalue weighted by molar-refractivity contribution is -0.183. The van der Waals surface area contributed by atoms with Crippen molar-refractivity contribution in [2.75, 3.05) is 27.4 Å². The Bertz CT molecular complexity index is 388. The highest BCUT2D eigenvalue weighted by atomic mass is 79.9. The Hall–Kier alpha value is -0.780. The number of benzene rings is 1. The molecule has 0 N–H and O–H groups in total. The summed E-state index contributed by atoms with van der Waals surface area (Å²) in [7, 11) is 3.22. The molecule has 1 aromatic carbocycles. The first-order valence-corrected chi connectivity index (χ1v) is 6.20. The predicted molar refractivity (Wildman–Crippen MR) is 66.5 cm³/mol. The van der Waals surface area contributed by atoms with E-state index in [0.29, 0.717) is 24.7 Å². The number of hydrogen-bond donors (Lipinski definition) is 0. The summed E-state index contributed by atoms with van der Waals surface area (Å²) in [6, 6.07) is 3.73. The van der Waals surface area contributed by atoms with Crippen LogP contribution in [0.4, 0.5) is 0 Å². The first-order chi connectivity index (χ1) is 8.26. The molecule has 0 radical (unpaired) electrons. The fourth-order valence-corrected chi connectivity index (χ4v) is 2.23. The van der Waals surface area contributed by atoms with Crippen molar-refractivity contribution in [3.63, 3.8) is 0 Å². The van der Waals surface area contributed by atoms with Gasteiger partial charge < -0.3 is 18.9 Å². The fraction of sp³-hybridized carbons (Fsp3) is 0.500. The zero-order valence-corrected chi connectivity index (χ0v) is 11.5. The second-order valence-corrected chi connectivity index (χ2v) is 4.51. The van der Waals surface area contributed by atoms with Crippen molar-refractivity contribution in [1.82, 2.24) is 0 Å². The fourth-order valence-electron chi connectivity index (χ4n) is 1.72. The molecule has 2 rings (SSSR count). The molecule has 0 aliphatic carbocycles. The van der Waals surface area contributed by atoms with Crippen molar-refractivity contribution in [2.45, 2.75) is 12.7 Å². The largest absolute Gasteiger partial charge is 0.493 e. The Morgan fingerprint density at radius 1 is 1.12 bits per heavy atom. The van der Waals surface area contributed by atoms with Crippen LogP contribution in [0.1, 0.15) is 18.3 Å². The molecule has 0 bridgehead atoms. The maximum atomic E-state index is 5.57. The van der Waals surface area contributed by atoms with Crippen LogP contribution in [0.5, 0.6) is 11.5 Å². The quantitative estimate of drug-likeness (QED) is 0.860. The summed E-state index contributed by atoms with van der Waals surface area (Å²) >= 11 is 3.49. The Balaban J connectivity index is 2.32. The van der Waals surface area contributed by atoms with E-state index in [4.69, 9.17) is 18.9 Å². The second kappa shape index (κ2) is 5.71. The topological polar surface area (TPSA) is 36.9 Å². The molecule has 1 heterocycles. The summed E-state index contributed by atoms with van der Waals surface area (Å²) in [5.74, 6) is 1.35. The monoisotopic (exact) mass is 302 g/mol. The van der Waals surface area contributed by atoms with E-state index in [1.165, 1.54) is 0 Å². The van der Waals surface area contributed by atoms with E-state index in [0.717, 1.165) is 16.5 Å². The van der Waals surface area contributed by atoms with Crippen LogP contribution >= 0.6 is 15.9 Å². The summed E-state index contributed by atoms with van der Waals surface area (Å²) in [6.45, 7) is 1.43. The number of ether oxygens (including phenoxy) is 4. The van der Waals surface area contributed by atoms with Crippen molar-refractivity contribution in [2.24, 2.45) is 0 Å². The lowest BCUT2D eigenvalue weighted by Gasteiger charge is -2.25. The average molecular weight is 303 g/mol. The van der Waals surface area contributed by atoms with Gasteiger partial charge in [0.2, 0.25) is 0 Å². The molecule has 1 aliphatic rings. The summed E-state index contributed by atoms with van der Waals surface area (Å²) in [6.07, 6.45) is 0.597. The SMILES string of the molecule is COc1cc(Br)c(C2OCCCO2)cc1OC. The van der Waals surface area contributed by atoms with Gasteiger partial charge in [-0.2, -0.15) is 0 Å². The molecule has 0 amide bonds. The van der Waals surface area contributed by atoms with Crippen molar-refractivity contribution < 1.29 is 18.9 Å². The van der Waals surface area contributed by atoms with Crippen LogP contribution < -0.4 is 9.47 Å². The minimum absolute atomic E-state index is 0.335. The summed E-state index contributed by atoms with van der Waals surface area (Å²) in [5, 5.41) is 0. The number of rotatable bonds is 3. The number of hydrogen-bond acceptors (Lipinski definition) is 4. The standard InChI is InChI=1S/C12H15BrO4/c1-14-10-6-8(9(13)7-11(10)15-2)12-16-4-3-5-17-12/h6-7,12H,3-5H2,1-2H3. The second-order valence-electron chi connectivity index (χ2n) is 3.66. The molecule has 0 atom stereocenters. The van der Waals surface area contributed by atoms with Crippen LogP contribution in [0.15, 0.2) is 16.6 Å². The molecular formula is C12H15BrO4. The number of halogens is 1. The van der Waals surface area contributed by atoms with Gasteiger partial charge in [0, 0.05) is 10.0 Å². The third-order valence-corrected chi connectivity index (χ3v) is 3.27. The van der Waals surface area contributed by atoms with Gasteiger partial charge in [-0.1, -0.05) is 15.9 Å². The van der Waals surface area contributed by atoms with Crippen LogP contribution in [-0.2, 0) is 9.47 Å². The minimum Gasteiger partial charge on any atom is -0.493 e. The Morgan fingerprint density at radius 3 is 2.29 bits per heavy atom. The molecule has 1 saturated heterocycles. The molecule has 0 saturated carbocycles. The van der Waals surface area contributed by atoms with Gasteiger partial charge in [-0.05, 0) is 18.6 Å². The highest BCUT2D eigenvalue weighted by Crippen LogP contribution is 2.38. The summed E-state index contributed by atoms with van der Waals surface area (Å²) < 4.78 is 22.5. The molecule has 17 heavy (non-hydrogen) atoms. The minimum atomic E-state index is -0.335. The average Bonchev–Trinajstić information content (AvgIpc) is 2.39. The molecule has 94 valence electrons. The predicted octanol–water partition coefficient (Wildman–Crippen LogP) is 2.90.